The first-order chi connectivity index (χ1) is 8.30. The molecule has 1 fully saturated rings. The second kappa shape index (κ2) is 6.06. The fourth-order valence-corrected chi connectivity index (χ4v) is 1.52. The molecule has 0 bridgehead atoms. The van der Waals surface area contributed by atoms with Gasteiger partial charge in [-0.05, 0) is 13.8 Å². The average Bonchev–Trinajstić information content (AvgIpc) is 2.63. The van der Waals surface area contributed by atoms with Gasteiger partial charge in [-0.15, -0.1) is 0 Å². The van der Waals surface area contributed by atoms with Crippen LogP contribution in [-0.2, 0) is 28.6 Å². The maximum atomic E-state index is 11.7. The van der Waals surface area contributed by atoms with Crippen molar-refractivity contribution in [2.24, 2.45) is 0 Å². The van der Waals surface area contributed by atoms with Crippen molar-refractivity contribution in [2.75, 3.05) is 13.2 Å². The van der Waals surface area contributed by atoms with E-state index in [9.17, 15) is 14.4 Å². The second-order valence-corrected chi connectivity index (χ2v) is 4.60. The van der Waals surface area contributed by atoms with Gasteiger partial charge in [-0.2, -0.15) is 0 Å². The summed E-state index contributed by atoms with van der Waals surface area (Å²) in [5.41, 5.74) is 0. The Morgan fingerprint density at radius 3 is 2.44 bits per heavy atom. The maximum absolute atomic E-state index is 11.7. The van der Waals surface area contributed by atoms with Gasteiger partial charge in [-0.3, -0.25) is 14.4 Å². The molecule has 0 N–H and O–H groups in total. The van der Waals surface area contributed by atoms with Gasteiger partial charge in [0, 0.05) is 19.8 Å². The van der Waals surface area contributed by atoms with Crippen LogP contribution in [0.2, 0.25) is 0 Å². The lowest BCUT2D eigenvalue weighted by molar-refractivity contribution is -0.152. The van der Waals surface area contributed by atoms with Gasteiger partial charge in [0.2, 0.25) is 0 Å². The van der Waals surface area contributed by atoms with E-state index in [1.54, 1.807) is 13.8 Å². The Morgan fingerprint density at radius 1 is 1.28 bits per heavy atom. The molecule has 1 atom stereocenters. The summed E-state index contributed by atoms with van der Waals surface area (Å²) in [6, 6.07) is 0. The van der Waals surface area contributed by atoms with E-state index in [1.165, 1.54) is 6.92 Å². The highest BCUT2D eigenvalue weighted by Crippen LogP contribution is 2.23. The van der Waals surface area contributed by atoms with Crippen molar-refractivity contribution < 1.29 is 28.6 Å². The zero-order valence-corrected chi connectivity index (χ0v) is 10.9. The molecular weight excluding hydrogens is 240 g/mol. The Bertz CT molecular complexity index is 346. The Labute approximate surface area is 106 Å². The fraction of sp³-hybridized carbons (Fsp3) is 0.750. The summed E-state index contributed by atoms with van der Waals surface area (Å²) in [4.78, 5) is 33.5. The van der Waals surface area contributed by atoms with E-state index in [2.05, 4.69) is 4.74 Å². The number of ketones is 2. The minimum atomic E-state index is -0.748. The lowest BCUT2D eigenvalue weighted by atomic mass is 10.1. The lowest BCUT2D eigenvalue weighted by Crippen LogP contribution is -2.27. The van der Waals surface area contributed by atoms with Crippen LogP contribution in [0, 0.1) is 0 Å². The topological polar surface area (TPSA) is 78.9 Å². The third-order valence-corrected chi connectivity index (χ3v) is 2.45. The number of esters is 1. The highest BCUT2D eigenvalue weighted by atomic mass is 16.7. The summed E-state index contributed by atoms with van der Waals surface area (Å²) in [5, 5.41) is 0. The molecule has 1 saturated heterocycles. The first-order valence-electron chi connectivity index (χ1n) is 5.80. The van der Waals surface area contributed by atoms with Crippen molar-refractivity contribution in [2.45, 2.75) is 45.5 Å². The van der Waals surface area contributed by atoms with Gasteiger partial charge >= 0.3 is 5.97 Å². The van der Waals surface area contributed by atoms with E-state index in [1.807, 2.05) is 0 Å². The zero-order chi connectivity index (χ0) is 13.8. The molecule has 1 heterocycles. The number of ether oxygens (including phenoxy) is 3. The molecule has 6 nitrogen and oxygen atoms in total. The predicted octanol–water partition coefficient (Wildman–Crippen LogP) is 0.619. The number of hydrogen-bond acceptors (Lipinski definition) is 6. The highest BCUT2D eigenvalue weighted by molar-refractivity contribution is 5.89. The van der Waals surface area contributed by atoms with Crippen LogP contribution in [0.25, 0.3) is 0 Å². The van der Waals surface area contributed by atoms with Gasteiger partial charge < -0.3 is 14.2 Å². The first kappa shape index (κ1) is 14.8. The molecule has 0 aromatic rings. The molecule has 1 rings (SSSR count). The molecule has 1 aliphatic heterocycles. The SMILES string of the molecule is CC(=O)OCC(=O)CCC(=O)C1COC(C)(C)O1. The van der Waals surface area contributed by atoms with E-state index in [4.69, 9.17) is 9.47 Å². The molecule has 0 radical (unpaired) electrons. The monoisotopic (exact) mass is 258 g/mol. The van der Waals surface area contributed by atoms with E-state index < -0.39 is 17.9 Å². The molecule has 0 amide bonds. The van der Waals surface area contributed by atoms with Crippen LogP contribution >= 0.6 is 0 Å². The van der Waals surface area contributed by atoms with E-state index >= 15 is 0 Å². The van der Waals surface area contributed by atoms with Gasteiger partial charge in [-0.1, -0.05) is 0 Å². The average molecular weight is 258 g/mol. The van der Waals surface area contributed by atoms with Crippen LogP contribution < -0.4 is 0 Å². The first-order valence-corrected chi connectivity index (χ1v) is 5.80. The van der Waals surface area contributed by atoms with Gasteiger partial charge in [0.1, 0.15) is 12.7 Å². The number of Topliss-reactive ketones (excluding diaryl/α,β-unsaturated/α-hetero) is 2. The molecule has 1 unspecified atom stereocenters. The maximum Gasteiger partial charge on any atom is 0.303 e. The summed E-state index contributed by atoms with van der Waals surface area (Å²) >= 11 is 0. The van der Waals surface area contributed by atoms with Crippen molar-refractivity contribution >= 4 is 17.5 Å². The normalized spacial score (nSPS) is 21.6. The quantitative estimate of drug-likeness (QED) is 0.650. The molecule has 102 valence electrons. The van der Waals surface area contributed by atoms with E-state index in [-0.39, 0.29) is 37.6 Å². The summed E-state index contributed by atoms with van der Waals surface area (Å²) in [5.74, 6) is -1.71. The van der Waals surface area contributed by atoms with Gasteiger partial charge in [0.05, 0.1) is 6.61 Å². The minimum Gasteiger partial charge on any atom is -0.458 e. The Morgan fingerprint density at radius 2 is 1.94 bits per heavy atom. The highest BCUT2D eigenvalue weighted by Gasteiger charge is 2.36. The van der Waals surface area contributed by atoms with Crippen molar-refractivity contribution in [1.82, 2.24) is 0 Å². The third-order valence-electron chi connectivity index (χ3n) is 2.45. The van der Waals surface area contributed by atoms with Gasteiger partial charge in [0.25, 0.3) is 0 Å². The van der Waals surface area contributed by atoms with Gasteiger partial charge in [0.15, 0.2) is 17.4 Å². The molecule has 0 spiro atoms. The summed E-state index contributed by atoms with van der Waals surface area (Å²) in [7, 11) is 0. The van der Waals surface area contributed by atoms with Crippen LogP contribution in [0.15, 0.2) is 0 Å². The molecular formula is C12H18O6. The Balaban J connectivity index is 2.25. The minimum absolute atomic E-state index is 0.0480. The molecule has 1 aliphatic rings. The number of carbonyl (C=O) groups is 3. The van der Waals surface area contributed by atoms with Crippen molar-refractivity contribution in [1.29, 1.82) is 0 Å². The summed E-state index contributed by atoms with van der Waals surface area (Å²) in [6.07, 6.45) is -0.488. The molecule has 6 heteroatoms. The van der Waals surface area contributed by atoms with Crippen molar-refractivity contribution in [3.8, 4) is 0 Å². The van der Waals surface area contributed by atoms with E-state index in [0.29, 0.717) is 0 Å². The molecule has 0 saturated carbocycles. The Hall–Kier alpha value is -1.27. The molecule has 0 aromatic heterocycles. The standard InChI is InChI=1S/C12H18O6/c1-8(13)16-6-9(14)4-5-10(15)11-7-17-12(2,3)18-11/h11H,4-7H2,1-3H3. The van der Waals surface area contributed by atoms with E-state index in [0.717, 1.165) is 0 Å². The van der Waals surface area contributed by atoms with Crippen LogP contribution in [0.4, 0.5) is 0 Å². The summed E-state index contributed by atoms with van der Waals surface area (Å²) < 4.78 is 15.2. The van der Waals surface area contributed by atoms with Crippen molar-refractivity contribution in [3.63, 3.8) is 0 Å². The summed E-state index contributed by atoms with van der Waals surface area (Å²) in [6.45, 7) is 4.61. The molecule has 18 heavy (non-hydrogen) atoms. The zero-order valence-electron chi connectivity index (χ0n) is 10.9. The predicted molar refractivity (Wildman–Crippen MR) is 60.8 cm³/mol. The van der Waals surface area contributed by atoms with Crippen LogP contribution in [0.5, 0.6) is 0 Å². The lowest BCUT2D eigenvalue weighted by Gasteiger charge is -2.16. The molecule has 0 aliphatic carbocycles. The Kier molecular flexibility index (Phi) is 4.98. The largest absolute Gasteiger partial charge is 0.458 e. The molecule has 0 aromatic carbocycles. The number of carbonyl (C=O) groups excluding carboxylic acids is 3. The smallest absolute Gasteiger partial charge is 0.303 e. The van der Waals surface area contributed by atoms with Crippen LogP contribution in [0.3, 0.4) is 0 Å². The second-order valence-electron chi connectivity index (χ2n) is 4.60. The fourth-order valence-electron chi connectivity index (χ4n) is 1.52. The van der Waals surface area contributed by atoms with Crippen LogP contribution in [-0.4, -0.2) is 42.6 Å². The van der Waals surface area contributed by atoms with Crippen LogP contribution in [0.1, 0.15) is 33.6 Å². The third kappa shape index (κ3) is 4.93. The van der Waals surface area contributed by atoms with Gasteiger partial charge in [-0.25, -0.2) is 0 Å². The number of rotatable bonds is 6. The van der Waals surface area contributed by atoms with Crippen molar-refractivity contribution in [3.05, 3.63) is 0 Å². The number of hydrogen-bond donors (Lipinski definition) is 0.